The number of hydrogen-bond acceptors (Lipinski definition) is 7. The van der Waals surface area contributed by atoms with Gasteiger partial charge in [-0.05, 0) is 18.2 Å². The first kappa shape index (κ1) is 14.9. The topological polar surface area (TPSA) is 81.1 Å². The number of carbonyl (C=O) groups is 1. The van der Waals surface area contributed by atoms with Crippen molar-refractivity contribution in [1.29, 1.82) is 0 Å². The monoisotopic (exact) mass is 341 g/mol. The van der Waals surface area contributed by atoms with E-state index in [1.165, 1.54) is 6.33 Å². The van der Waals surface area contributed by atoms with Crippen LogP contribution >= 0.6 is 11.7 Å². The van der Waals surface area contributed by atoms with Crippen LogP contribution < -0.4 is 4.74 Å². The molecule has 3 aromatic rings. The molecule has 1 amide bonds. The lowest BCUT2D eigenvalue weighted by Crippen LogP contribution is -2.41. The number of ether oxygens (including phenoxy) is 1. The van der Waals surface area contributed by atoms with Gasteiger partial charge in [0.1, 0.15) is 23.5 Å². The minimum absolute atomic E-state index is 0.0328. The van der Waals surface area contributed by atoms with Crippen LogP contribution in [0.1, 0.15) is 23.2 Å². The third-order valence-corrected chi connectivity index (χ3v) is 4.63. The fraction of sp³-hybridized carbons (Fsp3) is 0.312. The Labute approximate surface area is 142 Å². The molecular formula is C16H15N5O2S. The Morgan fingerprint density at radius 1 is 1.17 bits per heavy atom. The molecule has 0 radical (unpaired) electrons. The number of hydrogen-bond donors (Lipinski definition) is 0. The second-order valence-electron chi connectivity index (χ2n) is 5.62. The van der Waals surface area contributed by atoms with E-state index in [4.69, 9.17) is 4.74 Å². The molecule has 0 saturated carbocycles. The number of likely N-dealkylation sites (tertiary alicyclic amines) is 1. The van der Waals surface area contributed by atoms with Gasteiger partial charge < -0.3 is 9.64 Å². The molecule has 0 atom stereocenters. The molecule has 3 heterocycles. The first-order chi connectivity index (χ1) is 11.8. The number of benzene rings is 1. The van der Waals surface area contributed by atoms with Gasteiger partial charge >= 0.3 is 0 Å². The van der Waals surface area contributed by atoms with Crippen LogP contribution in [0.3, 0.4) is 0 Å². The van der Waals surface area contributed by atoms with Crippen molar-refractivity contribution in [2.75, 3.05) is 13.1 Å². The smallest absolute Gasteiger partial charge is 0.253 e. The number of nitrogens with zero attached hydrogens (tertiary/aromatic N) is 5. The van der Waals surface area contributed by atoms with Crippen molar-refractivity contribution in [2.24, 2.45) is 0 Å². The molecule has 1 fully saturated rings. The number of carbonyl (C=O) groups excluding carboxylic acids is 1. The average Bonchev–Trinajstić information content (AvgIpc) is 3.10. The summed E-state index contributed by atoms with van der Waals surface area (Å²) in [6.07, 6.45) is 4.78. The first-order valence-electron chi connectivity index (χ1n) is 7.74. The molecule has 0 N–H and O–H groups in total. The number of piperidine rings is 1. The zero-order chi connectivity index (χ0) is 16.4. The minimum atomic E-state index is 0.0328. The highest BCUT2D eigenvalue weighted by atomic mass is 32.1. The van der Waals surface area contributed by atoms with Gasteiger partial charge in [0.15, 0.2) is 0 Å². The lowest BCUT2D eigenvalue weighted by molar-refractivity contribution is 0.0588. The molecule has 2 aromatic heterocycles. The maximum Gasteiger partial charge on any atom is 0.253 e. The van der Waals surface area contributed by atoms with Crippen LogP contribution in [0, 0.1) is 0 Å². The largest absolute Gasteiger partial charge is 0.474 e. The SMILES string of the molecule is O=C(c1ccc2nsnc2c1)N1CCC(Oc2ccncn2)CC1. The van der Waals surface area contributed by atoms with E-state index in [1.54, 1.807) is 12.3 Å². The third-order valence-electron chi connectivity index (χ3n) is 4.07. The molecule has 7 nitrogen and oxygen atoms in total. The summed E-state index contributed by atoms with van der Waals surface area (Å²) in [4.78, 5) is 22.5. The number of rotatable bonds is 3. The van der Waals surface area contributed by atoms with E-state index in [1.807, 2.05) is 23.1 Å². The van der Waals surface area contributed by atoms with Crippen molar-refractivity contribution < 1.29 is 9.53 Å². The van der Waals surface area contributed by atoms with E-state index < -0.39 is 0 Å². The lowest BCUT2D eigenvalue weighted by Gasteiger charge is -2.32. The van der Waals surface area contributed by atoms with Gasteiger partial charge in [-0.1, -0.05) is 0 Å². The highest BCUT2D eigenvalue weighted by Crippen LogP contribution is 2.20. The second kappa shape index (κ2) is 6.48. The molecule has 0 unspecified atom stereocenters. The van der Waals surface area contributed by atoms with E-state index in [9.17, 15) is 4.79 Å². The maximum absolute atomic E-state index is 12.6. The summed E-state index contributed by atoms with van der Waals surface area (Å²) in [5.74, 6) is 0.613. The average molecular weight is 341 g/mol. The van der Waals surface area contributed by atoms with Gasteiger partial charge in [-0.2, -0.15) is 8.75 Å². The third kappa shape index (κ3) is 3.05. The van der Waals surface area contributed by atoms with Crippen LogP contribution in [0.5, 0.6) is 5.88 Å². The van der Waals surface area contributed by atoms with E-state index in [2.05, 4.69) is 18.7 Å². The zero-order valence-corrected chi connectivity index (χ0v) is 13.6. The Kier molecular flexibility index (Phi) is 4.04. The van der Waals surface area contributed by atoms with Crippen molar-refractivity contribution in [2.45, 2.75) is 18.9 Å². The van der Waals surface area contributed by atoms with Gasteiger partial charge in [0.05, 0.1) is 11.7 Å². The molecule has 24 heavy (non-hydrogen) atoms. The highest BCUT2D eigenvalue weighted by molar-refractivity contribution is 7.00. The maximum atomic E-state index is 12.6. The Bertz CT molecular complexity index is 846. The Morgan fingerprint density at radius 3 is 2.79 bits per heavy atom. The second-order valence-corrected chi connectivity index (χ2v) is 6.15. The van der Waals surface area contributed by atoms with Gasteiger partial charge in [-0.25, -0.2) is 9.97 Å². The zero-order valence-electron chi connectivity index (χ0n) is 12.8. The van der Waals surface area contributed by atoms with Crippen LogP contribution in [0.15, 0.2) is 36.8 Å². The van der Waals surface area contributed by atoms with E-state index >= 15 is 0 Å². The summed E-state index contributed by atoms with van der Waals surface area (Å²) in [5.41, 5.74) is 2.26. The van der Waals surface area contributed by atoms with Gasteiger partial charge in [-0.15, -0.1) is 0 Å². The van der Waals surface area contributed by atoms with Crippen molar-refractivity contribution in [3.05, 3.63) is 42.4 Å². The van der Waals surface area contributed by atoms with Crippen molar-refractivity contribution in [1.82, 2.24) is 23.6 Å². The summed E-state index contributed by atoms with van der Waals surface area (Å²) >= 11 is 1.16. The van der Waals surface area contributed by atoms with Gasteiger partial charge in [0.25, 0.3) is 5.91 Å². The number of aromatic nitrogens is 4. The summed E-state index contributed by atoms with van der Waals surface area (Å²) in [6.45, 7) is 1.34. The van der Waals surface area contributed by atoms with Gasteiger partial charge in [0, 0.05) is 43.8 Å². The number of amides is 1. The normalized spacial score (nSPS) is 15.6. The van der Waals surface area contributed by atoms with E-state index in [0.29, 0.717) is 24.5 Å². The molecule has 1 aliphatic heterocycles. The predicted octanol–water partition coefficient (Wildman–Crippen LogP) is 2.16. The summed E-state index contributed by atoms with van der Waals surface area (Å²) in [5, 5.41) is 0. The molecule has 4 rings (SSSR count). The van der Waals surface area contributed by atoms with Crippen LogP contribution in [0.4, 0.5) is 0 Å². The van der Waals surface area contributed by atoms with Crippen molar-refractivity contribution in [3.8, 4) is 5.88 Å². The molecular weight excluding hydrogens is 326 g/mol. The number of fused-ring (bicyclic) bond motifs is 1. The first-order valence-corrected chi connectivity index (χ1v) is 8.47. The molecule has 1 aliphatic rings. The Hall–Kier alpha value is -2.61. The minimum Gasteiger partial charge on any atom is -0.474 e. The molecule has 8 heteroatoms. The Morgan fingerprint density at radius 2 is 2.00 bits per heavy atom. The fourth-order valence-corrected chi connectivity index (χ4v) is 3.31. The van der Waals surface area contributed by atoms with Gasteiger partial charge in [0.2, 0.25) is 5.88 Å². The quantitative estimate of drug-likeness (QED) is 0.726. The fourth-order valence-electron chi connectivity index (χ4n) is 2.79. The van der Waals surface area contributed by atoms with E-state index in [0.717, 1.165) is 35.6 Å². The van der Waals surface area contributed by atoms with Gasteiger partial charge in [-0.3, -0.25) is 4.79 Å². The molecule has 122 valence electrons. The predicted molar refractivity (Wildman–Crippen MR) is 89.0 cm³/mol. The molecule has 1 saturated heterocycles. The van der Waals surface area contributed by atoms with E-state index in [-0.39, 0.29) is 12.0 Å². The van der Waals surface area contributed by atoms with Crippen LogP contribution in [0.25, 0.3) is 11.0 Å². The summed E-state index contributed by atoms with van der Waals surface area (Å²) in [7, 11) is 0. The Balaban J connectivity index is 1.39. The van der Waals surface area contributed by atoms with Crippen molar-refractivity contribution >= 4 is 28.7 Å². The molecule has 0 bridgehead atoms. The van der Waals surface area contributed by atoms with Crippen molar-refractivity contribution in [3.63, 3.8) is 0 Å². The highest BCUT2D eigenvalue weighted by Gasteiger charge is 2.25. The molecule has 0 spiro atoms. The summed E-state index contributed by atoms with van der Waals surface area (Å²) in [6, 6.07) is 7.21. The van der Waals surface area contributed by atoms with Crippen LogP contribution in [-0.4, -0.2) is 48.7 Å². The van der Waals surface area contributed by atoms with Crippen LogP contribution in [0.2, 0.25) is 0 Å². The molecule has 1 aromatic carbocycles. The summed E-state index contributed by atoms with van der Waals surface area (Å²) < 4.78 is 14.2. The lowest BCUT2D eigenvalue weighted by atomic mass is 10.1. The standard InChI is InChI=1S/C16H15N5O2S/c22-16(11-1-2-13-14(9-11)20-24-19-13)21-7-4-12(5-8-21)23-15-3-6-17-10-18-15/h1-3,6,9-10,12H,4-5,7-8H2. The molecule has 0 aliphatic carbocycles. The van der Waals surface area contributed by atoms with Crippen LogP contribution in [-0.2, 0) is 0 Å².